The molecule has 2 heterocycles. The maximum atomic E-state index is 4.54. The van der Waals surface area contributed by atoms with Gasteiger partial charge in [0, 0.05) is 21.7 Å². The smallest absolute Gasteiger partial charge is 0.124 e. The zero-order valence-corrected chi connectivity index (χ0v) is 24.2. The number of aromatic nitrogens is 1. The SMILES string of the molecule is C[Si](C)(C)c1ccc(-c2ccc3ccc(-c4ccc(-c5ccc6sc7ncccc7c6c5)cc4)cc3c2)cc1. The molecular formula is C36H29NSSi. The molecule has 0 aliphatic carbocycles. The van der Waals surface area contributed by atoms with Crippen molar-refractivity contribution in [3.05, 3.63) is 121 Å². The van der Waals surface area contributed by atoms with Crippen LogP contribution in [-0.2, 0) is 0 Å². The lowest BCUT2D eigenvalue weighted by Crippen LogP contribution is -2.37. The summed E-state index contributed by atoms with van der Waals surface area (Å²) < 4.78 is 1.28. The zero-order valence-electron chi connectivity index (χ0n) is 22.4. The van der Waals surface area contributed by atoms with Gasteiger partial charge in [-0.1, -0.05) is 104 Å². The van der Waals surface area contributed by atoms with Crippen molar-refractivity contribution in [1.29, 1.82) is 0 Å². The van der Waals surface area contributed by atoms with Crippen molar-refractivity contribution in [1.82, 2.24) is 4.98 Å². The van der Waals surface area contributed by atoms with Crippen LogP contribution in [0.2, 0.25) is 19.6 Å². The van der Waals surface area contributed by atoms with Crippen molar-refractivity contribution in [2.24, 2.45) is 0 Å². The van der Waals surface area contributed by atoms with Crippen LogP contribution in [0.25, 0.3) is 64.5 Å². The van der Waals surface area contributed by atoms with Crippen LogP contribution in [0.3, 0.4) is 0 Å². The summed E-state index contributed by atoms with van der Waals surface area (Å²) in [4.78, 5) is 5.64. The van der Waals surface area contributed by atoms with E-state index in [0.717, 1.165) is 4.83 Å². The van der Waals surface area contributed by atoms with Crippen LogP contribution in [0, 0.1) is 0 Å². The summed E-state index contributed by atoms with van der Waals surface area (Å²) in [5.41, 5.74) is 7.49. The molecule has 5 aromatic carbocycles. The fourth-order valence-electron chi connectivity index (χ4n) is 5.41. The third kappa shape index (κ3) is 4.48. The summed E-state index contributed by atoms with van der Waals surface area (Å²) in [5.74, 6) is 0. The molecular weight excluding hydrogens is 507 g/mol. The number of benzene rings is 5. The number of fused-ring (bicyclic) bond motifs is 4. The van der Waals surface area contributed by atoms with Gasteiger partial charge in [-0.05, 0) is 80.6 Å². The molecule has 39 heavy (non-hydrogen) atoms. The van der Waals surface area contributed by atoms with Crippen LogP contribution in [-0.4, -0.2) is 13.1 Å². The Kier molecular flexibility index (Phi) is 5.73. The van der Waals surface area contributed by atoms with E-state index in [0.29, 0.717) is 0 Å². The van der Waals surface area contributed by atoms with Crippen molar-refractivity contribution in [3.63, 3.8) is 0 Å². The molecule has 0 aliphatic rings. The standard InChI is InChI=1S/C36H29NSSi/c1-39(2,3)32-17-14-26(15-18-32)29-13-11-27-10-12-28(21-31(27)22-29)24-6-8-25(9-7-24)30-16-19-35-34(23-30)33-5-4-20-37-36(33)38-35/h4-23H,1-3H3. The van der Waals surface area contributed by atoms with E-state index in [9.17, 15) is 0 Å². The van der Waals surface area contributed by atoms with E-state index in [1.807, 2.05) is 12.3 Å². The van der Waals surface area contributed by atoms with Crippen LogP contribution in [0.15, 0.2) is 121 Å². The molecule has 3 heteroatoms. The molecule has 0 amide bonds. The van der Waals surface area contributed by atoms with E-state index in [4.69, 9.17) is 0 Å². The first-order chi connectivity index (χ1) is 18.9. The van der Waals surface area contributed by atoms with Crippen molar-refractivity contribution in [2.45, 2.75) is 19.6 Å². The number of nitrogens with zero attached hydrogens (tertiary/aromatic N) is 1. The predicted molar refractivity (Wildman–Crippen MR) is 174 cm³/mol. The number of thiophene rings is 1. The van der Waals surface area contributed by atoms with E-state index in [1.165, 1.54) is 64.8 Å². The van der Waals surface area contributed by atoms with E-state index < -0.39 is 8.07 Å². The van der Waals surface area contributed by atoms with Crippen molar-refractivity contribution in [3.8, 4) is 33.4 Å². The van der Waals surface area contributed by atoms with Crippen LogP contribution in [0.4, 0.5) is 0 Å². The highest BCUT2D eigenvalue weighted by molar-refractivity contribution is 7.25. The largest absolute Gasteiger partial charge is 0.245 e. The summed E-state index contributed by atoms with van der Waals surface area (Å²) in [6.07, 6.45) is 1.87. The van der Waals surface area contributed by atoms with Gasteiger partial charge in [0.05, 0.1) is 8.07 Å². The van der Waals surface area contributed by atoms with Crippen molar-refractivity contribution in [2.75, 3.05) is 0 Å². The predicted octanol–water partition coefficient (Wildman–Crippen LogP) is 10.1. The molecule has 0 saturated heterocycles. The summed E-state index contributed by atoms with van der Waals surface area (Å²) in [6, 6.07) is 42.7. The van der Waals surface area contributed by atoms with Gasteiger partial charge in [0.2, 0.25) is 0 Å². The highest BCUT2D eigenvalue weighted by Gasteiger charge is 2.16. The lowest BCUT2D eigenvalue weighted by Gasteiger charge is -2.17. The average molecular weight is 536 g/mol. The zero-order chi connectivity index (χ0) is 26.6. The van der Waals surface area contributed by atoms with Gasteiger partial charge in [0.25, 0.3) is 0 Å². The fraction of sp³-hybridized carbons (Fsp3) is 0.0833. The maximum Gasteiger partial charge on any atom is 0.124 e. The Labute approximate surface area is 234 Å². The Bertz CT molecular complexity index is 1980. The summed E-state index contributed by atoms with van der Waals surface area (Å²) in [5, 5.41) is 6.55. The third-order valence-corrected chi connectivity index (χ3v) is 10.9. The van der Waals surface area contributed by atoms with Crippen LogP contribution < -0.4 is 5.19 Å². The summed E-state index contributed by atoms with van der Waals surface area (Å²) in [6.45, 7) is 7.19. The second kappa shape index (κ2) is 9.30. The minimum absolute atomic E-state index is 1.10. The Morgan fingerprint density at radius 3 is 1.67 bits per heavy atom. The molecule has 7 aromatic rings. The number of hydrogen-bond donors (Lipinski definition) is 0. The minimum Gasteiger partial charge on any atom is -0.245 e. The normalized spacial score (nSPS) is 12.0. The van der Waals surface area contributed by atoms with Gasteiger partial charge in [-0.15, -0.1) is 11.3 Å². The summed E-state index contributed by atoms with van der Waals surface area (Å²) in [7, 11) is -1.29. The Morgan fingerprint density at radius 2 is 1.05 bits per heavy atom. The van der Waals surface area contributed by atoms with Gasteiger partial charge >= 0.3 is 0 Å². The average Bonchev–Trinajstić information content (AvgIpc) is 3.34. The monoisotopic (exact) mass is 535 g/mol. The van der Waals surface area contributed by atoms with Crippen molar-refractivity contribution < 1.29 is 0 Å². The second-order valence-electron chi connectivity index (χ2n) is 11.4. The number of pyridine rings is 1. The van der Waals surface area contributed by atoms with Crippen molar-refractivity contribution >= 4 is 55.7 Å². The van der Waals surface area contributed by atoms with Gasteiger partial charge < -0.3 is 0 Å². The molecule has 1 nitrogen and oxygen atoms in total. The highest BCUT2D eigenvalue weighted by Crippen LogP contribution is 2.36. The molecule has 0 fully saturated rings. The van der Waals surface area contributed by atoms with Gasteiger partial charge in [-0.25, -0.2) is 4.98 Å². The van der Waals surface area contributed by atoms with Gasteiger partial charge in [-0.3, -0.25) is 0 Å². The van der Waals surface area contributed by atoms with Gasteiger partial charge in [-0.2, -0.15) is 0 Å². The lowest BCUT2D eigenvalue weighted by molar-refractivity contribution is 1.45. The first kappa shape index (κ1) is 24.0. The molecule has 0 unspecified atom stereocenters. The quantitative estimate of drug-likeness (QED) is 0.204. The molecule has 7 rings (SSSR count). The first-order valence-corrected chi connectivity index (χ1v) is 17.8. The Balaban J connectivity index is 1.20. The summed E-state index contributed by atoms with van der Waals surface area (Å²) >= 11 is 1.76. The maximum absolute atomic E-state index is 4.54. The van der Waals surface area contributed by atoms with E-state index in [2.05, 4.69) is 134 Å². The van der Waals surface area contributed by atoms with Crippen LogP contribution in [0.1, 0.15) is 0 Å². The highest BCUT2D eigenvalue weighted by atomic mass is 32.1. The molecule has 0 atom stereocenters. The fourth-order valence-corrected chi connectivity index (χ4v) is 7.61. The molecule has 0 aliphatic heterocycles. The molecule has 2 aromatic heterocycles. The molecule has 0 bridgehead atoms. The molecule has 0 saturated carbocycles. The van der Waals surface area contributed by atoms with Gasteiger partial charge in [0.1, 0.15) is 4.83 Å². The van der Waals surface area contributed by atoms with E-state index >= 15 is 0 Å². The Morgan fingerprint density at radius 1 is 0.513 bits per heavy atom. The number of hydrogen-bond acceptors (Lipinski definition) is 2. The van der Waals surface area contributed by atoms with E-state index in [1.54, 1.807) is 11.3 Å². The second-order valence-corrected chi connectivity index (χ2v) is 17.5. The van der Waals surface area contributed by atoms with Crippen LogP contribution in [0.5, 0.6) is 0 Å². The molecule has 0 radical (unpaired) electrons. The first-order valence-electron chi connectivity index (χ1n) is 13.5. The van der Waals surface area contributed by atoms with Crippen LogP contribution >= 0.6 is 11.3 Å². The van der Waals surface area contributed by atoms with Gasteiger partial charge in [0.15, 0.2) is 0 Å². The topological polar surface area (TPSA) is 12.9 Å². The third-order valence-electron chi connectivity index (χ3n) is 7.72. The molecule has 188 valence electrons. The number of rotatable bonds is 4. The lowest BCUT2D eigenvalue weighted by atomic mass is 9.96. The Hall–Kier alpha value is -4.05. The molecule has 0 spiro atoms. The minimum atomic E-state index is -1.29. The van der Waals surface area contributed by atoms with E-state index in [-0.39, 0.29) is 0 Å². The molecule has 0 N–H and O–H groups in total.